The van der Waals surface area contributed by atoms with Gasteiger partial charge in [0.1, 0.15) is 0 Å². The van der Waals surface area contributed by atoms with Gasteiger partial charge in [0.25, 0.3) is 0 Å². The molecule has 0 rings (SSSR count). The van der Waals surface area contributed by atoms with E-state index in [1.54, 1.807) is 21.8 Å². The van der Waals surface area contributed by atoms with Crippen LogP contribution >= 0.6 is 0 Å². The topological polar surface area (TPSA) is 20.2 Å². The molecule has 2 heteroatoms. The third-order valence-electron chi connectivity index (χ3n) is 1.41. The van der Waals surface area contributed by atoms with E-state index in [1.165, 1.54) is 12.8 Å². The van der Waals surface area contributed by atoms with Gasteiger partial charge in [0.2, 0.25) is 0 Å². The van der Waals surface area contributed by atoms with E-state index in [4.69, 9.17) is 5.11 Å². The van der Waals surface area contributed by atoms with E-state index in [0.717, 1.165) is 6.42 Å². The summed E-state index contributed by atoms with van der Waals surface area (Å²) in [5.41, 5.74) is 0. The van der Waals surface area contributed by atoms with Crippen LogP contribution in [0.1, 0.15) is 33.1 Å². The van der Waals surface area contributed by atoms with E-state index < -0.39 is 0 Å². The van der Waals surface area contributed by atoms with Crippen molar-refractivity contribution in [2.24, 2.45) is 5.92 Å². The Morgan fingerprint density at radius 1 is 1.67 bits per heavy atom. The summed E-state index contributed by atoms with van der Waals surface area (Å²) in [5.74, 6) is 0.398. The molecule has 0 bridgehead atoms. The Morgan fingerprint density at radius 2 is 2.22 bits per heavy atom. The molecule has 0 aromatic rings. The molecule has 0 aliphatic carbocycles. The normalized spacial score (nSPS) is 13.1. The van der Waals surface area contributed by atoms with Crippen LogP contribution in [0.2, 0.25) is 0 Å². The van der Waals surface area contributed by atoms with Crippen LogP contribution in [0.4, 0.5) is 0 Å². The second kappa shape index (κ2) is 5.26. The van der Waals surface area contributed by atoms with Gasteiger partial charge in [-0.15, -0.1) is 0 Å². The zero-order chi connectivity index (χ0) is 7.28. The molecule has 0 aliphatic rings. The van der Waals surface area contributed by atoms with Crippen molar-refractivity contribution in [1.29, 1.82) is 0 Å². The van der Waals surface area contributed by atoms with Crippen molar-refractivity contribution in [3.8, 4) is 0 Å². The molecule has 0 fully saturated rings. The van der Waals surface area contributed by atoms with Crippen molar-refractivity contribution < 1.29 is 5.11 Å². The Balaban J connectivity index is 3.27. The summed E-state index contributed by atoms with van der Waals surface area (Å²) in [4.78, 5) is 0. The Labute approximate surface area is 69.9 Å². The van der Waals surface area contributed by atoms with Crippen molar-refractivity contribution in [2.45, 2.75) is 33.1 Å². The second-order valence-electron chi connectivity index (χ2n) is 2.38. The Hall–Kier alpha value is 0.460. The predicted octanol–water partition coefficient (Wildman–Crippen LogP) is 1.48. The molecule has 1 unspecified atom stereocenters. The van der Waals surface area contributed by atoms with Crippen LogP contribution in [-0.2, 0) is 0 Å². The zero-order valence-corrected chi connectivity index (χ0v) is 8.38. The number of rotatable bonds is 4. The van der Waals surface area contributed by atoms with Crippen LogP contribution in [0.3, 0.4) is 0 Å². The average molecular weight is 242 g/mol. The number of hydrogen-bond donors (Lipinski definition) is 1. The molecule has 1 atom stereocenters. The molecular weight excluding hydrogens is 228 g/mol. The fourth-order valence-electron chi connectivity index (χ4n) is 0.634. The van der Waals surface area contributed by atoms with Crippen LogP contribution < -0.4 is 0 Å². The monoisotopic (exact) mass is 244 g/mol. The summed E-state index contributed by atoms with van der Waals surface area (Å²) in [6.07, 6.45) is 3.57. The first-order valence-corrected chi connectivity index (χ1v) is 4.57. The summed E-state index contributed by atoms with van der Waals surface area (Å²) < 4.78 is 0.583. The first-order valence-electron chi connectivity index (χ1n) is 3.41. The van der Waals surface area contributed by atoms with Crippen LogP contribution in [0.5, 0.6) is 0 Å². The Kier molecular flexibility index (Phi) is 5.53. The van der Waals surface area contributed by atoms with E-state index in [0.29, 0.717) is 9.65 Å². The molecule has 0 radical (unpaired) electrons. The van der Waals surface area contributed by atoms with Gasteiger partial charge >= 0.3 is 69.7 Å². The summed E-state index contributed by atoms with van der Waals surface area (Å²) in [6, 6.07) is 0. The van der Waals surface area contributed by atoms with Crippen molar-refractivity contribution in [3.63, 3.8) is 0 Å². The van der Waals surface area contributed by atoms with Gasteiger partial charge in [-0.05, 0) is 0 Å². The molecule has 0 saturated carbocycles. The van der Waals surface area contributed by atoms with E-state index in [-0.39, 0.29) is 0 Å². The molecule has 1 N–H and O–H groups in total. The van der Waals surface area contributed by atoms with Gasteiger partial charge < -0.3 is 0 Å². The SMILES string of the molecule is CCCCC(C)C(O)=[Te]. The maximum atomic E-state index is 8.97. The minimum atomic E-state index is 0.398. The van der Waals surface area contributed by atoms with Crippen LogP contribution in [0, 0.1) is 5.92 Å². The molecule has 0 spiro atoms. The molecule has 54 valence electrons. The first kappa shape index (κ1) is 9.46. The Morgan fingerprint density at radius 3 is 2.56 bits per heavy atom. The summed E-state index contributed by atoms with van der Waals surface area (Å²) >= 11 is 1.71. The fourth-order valence-corrected chi connectivity index (χ4v) is 0.970. The van der Waals surface area contributed by atoms with Crippen molar-refractivity contribution in [1.82, 2.24) is 0 Å². The van der Waals surface area contributed by atoms with Crippen LogP contribution in [0.15, 0.2) is 0 Å². The van der Waals surface area contributed by atoms with Crippen molar-refractivity contribution in [2.75, 3.05) is 0 Å². The molecule has 0 aromatic carbocycles. The van der Waals surface area contributed by atoms with Crippen molar-refractivity contribution >= 4 is 25.6 Å². The third-order valence-corrected chi connectivity index (χ3v) is 2.56. The van der Waals surface area contributed by atoms with Gasteiger partial charge in [-0.25, -0.2) is 0 Å². The van der Waals surface area contributed by atoms with E-state index in [2.05, 4.69) is 13.8 Å². The molecule has 1 nitrogen and oxygen atoms in total. The summed E-state index contributed by atoms with van der Waals surface area (Å²) in [7, 11) is 0. The van der Waals surface area contributed by atoms with Gasteiger partial charge in [0.05, 0.1) is 0 Å². The Bertz CT molecular complexity index is 90.9. The average Bonchev–Trinajstić information content (AvgIpc) is 1.82. The van der Waals surface area contributed by atoms with Crippen LogP contribution in [0.25, 0.3) is 0 Å². The second-order valence-corrected chi connectivity index (χ2v) is 3.58. The number of aliphatic hydroxyl groups is 1. The zero-order valence-electron chi connectivity index (χ0n) is 6.05. The number of unbranched alkanes of at least 4 members (excludes halogenated alkanes) is 1. The summed E-state index contributed by atoms with van der Waals surface area (Å²) in [6.45, 7) is 4.23. The van der Waals surface area contributed by atoms with Gasteiger partial charge in [0.15, 0.2) is 0 Å². The van der Waals surface area contributed by atoms with Crippen molar-refractivity contribution in [3.05, 3.63) is 0 Å². The first-order chi connectivity index (χ1) is 4.18. The van der Waals surface area contributed by atoms with Gasteiger partial charge in [-0.3, -0.25) is 0 Å². The molecule has 9 heavy (non-hydrogen) atoms. The minimum absolute atomic E-state index is 0.398. The van der Waals surface area contributed by atoms with E-state index in [1.807, 2.05) is 0 Å². The third kappa shape index (κ3) is 4.93. The van der Waals surface area contributed by atoms with Gasteiger partial charge in [-0.1, -0.05) is 0 Å². The fraction of sp³-hybridized carbons (Fsp3) is 0.857. The molecule has 0 saturated heterocycles. The molecule has 0 aromatic heterocycles. The molecular formula is C7H14OTe. The molecule has 0 aliphatic heterocycles. The quantitative estimate of drug-likeness (QED) is 0.740. The van der Waals surface area contributed by atoms with E-state index >= 15 is 0 Å². The molecule has 0 amide bonds. The molecule has 0 heterocycles. The van der Waals surface area contributed by atoms with E-state index in [9.17, 15) is 0 Å². The number of hydrogen-bond acceptors (Lipinski definition) is 1. The maximum absolute atomic E-state index is 8.97. The van der Waals surface area contributed by atoms with Gasteiger partial charge in [0, 0.05) is 0 Å². The van der Waals surface area contributed by atoms with Crippen LogP contribution in [-0.4, -0.2) is 30.7 Å². The summed E-state index contributed by atoms with van der Waals surface area (Å²) in [5, 5.41) is 8.97. The predicted molar refractivity (Wildman–Crippen MR) is 41.4 cm³/mol. The number of aliphatic hydroxyl groups excluding tert-OH is 1. The van der Waals surface area contributed by atoms with Gasteiger partial charge in [-0.2, -0.15) is 0 Å². The standard InChI is InChI=1S/C7H14OTe/c1-3-4-5-6(2)7(8)9/h6H,3-5H2,1-2H3,(H,8,9).